The molecule has 15 heavy (non-hydrogen) atoms. The van der Waals surface area contributed by atoms with Gasteiger partial charge in [-0.25, -0.2) is 0 Å². The molecule has 0 spiro atoms. The molecule has 3 unspecified atom stereocenters. The van der Waals surface area contributed by atoms with Gasteiger partial charge in [0, 0.05) is 0 Å². The highest BCUT2D eigenvalue weighted by Crippen LogP contribution is 1.79. The first-order chi connectivity index (χ1) is 7.08. The zero-order valence-electron chi connectivity index (χ0n) is 7.53. The summed E-state index contributed by atoms with van der Waals surface area (Å²) in [5.41, 5.74) is -2.13. The molecule has 3 radical (unpaired) electrons. The van der Waals surface area contributed by atoms with Crippen molar-refractivity contribution in [1.29, 1.82) is 0 Å². The molecule has 1 rings (SSSR count). The third kappa shape index (κ3) is 2.20. The Kier molecular flexibility index (Phi) is 4.57. The van der Waals surface area contributed by atoms with Gasteiger partial charge in [-0.1, -0.05) is 0 Å². The maximum Gasteiger partial charge on any atom is 0.311 e. The van der Waals surface area contributed by atoms with Crippen LogP contribution in [0.15, 0.2) is 14.4 Å². The van der Waals surface area contributed by atoms with Gasteiger partial charge < -0.3 is 0 Å². The highest BCUT2D eigenvalue weighted by molar-refractivity contribution is 7.56. The quantitative estimate of drug-likeness (QED) is 0.427. The van der Waals surface area contributed by atoms with Gasteiger partial charge >= 0.3 is 17.1 Å². The van der Waals surface area contributed by atoms with Crippen LogP contribution in [0.1, 0.15) is 0 Å². The van der Waals surface area contributed by atoms with Crippen LogP contribution in [0.2, 0.25) is 0 Å². The maximum absolute atomic E-state index is 11.5. The highest BCUT2D eigenvalue weighted by Gasteiger charge is 2.12. The van der Waals surface area contributed by atoms with E-state index in [0.717, 1.165) is 13.4 Å². The minimum Gasteiger partial charge on any atom is -0.294 e. The normalized spacial score (nSPS) is 9.80. The third-order valence-corrected chi connectivity index (χ3v) is 2.58. The molecule has 0 saturated heterocycles. The average Bonchev–Trinajstić information content (AvgIpc) is 2.19. The van der Waals surface area contributed by atoms with E-state index < -0.39 is 17.1 Å². The molecule has 3 atom stereocenters. The Balaban J connectivity index is 3.82. The zero-order chi connectivity index (χ0) is 11.6. The van der Waals surface area contributed by atoms with E-state index in [9.17, 15) is 14.4 Å². The van der Waals surface area contributed by atoms with Crippen LogP contribution in [0.25, 0.3) is 0 Å². The molecule has 1 aromatic rings. The van der Waals surface area contributed by atoms with Crippen LogP contribution in [-0.4, -0.2) is 34.8 Å². The van der Waals surface area contributed by atoms with Crippen LogP contribution < -0.4 is 17.1 Å². The predicted octanol–water partition coefficient (Wildman–Crippen LogP) is -3.06. The van der Waals surface area contributed by atoms with Gasteiger partial charge in [-0.15, -0.1) is 0 Å². The number of hydrogen-bond acceptors (Lipinski definition) is 3. The van der Waals surface area contributed by atoms with E-state index >= 15 is 0 Å². The van der Waals surface area contributed by atoms with Gasteiger partial charge in [-0.05, 0) is 0 Å². The Bertz CT molecular complexity index is 429. The maximum atomic E-state index is 11.5. The van der Waals surface area contributed by atoms with E-state index in [1.165, 1.54) is 21.4 Å². The van der Waals surface area contributed by atoms with Crippen molar-refractivity contribution < 1.29 is 0 Å². The molecular weight excluding hydrogens is 251 g/mol. The summed E-state index contributed by atoms with van der Waals surface area (Å²) in [6, 6.07) is 0. The molecule has 1 aromatic heterocycles. The summed E-state index contributed by atoms with van der Waals surface area (Å²) in [6.07, 6.45) is 0. The van der Waals surface area contributed by atoms with Crippen molar-refractivity contribution >= 4 is 48.8 Å². The molecule has 0 bridgehead atoms. The van der Waals surface area contributed by atoms with Crippen LogP contribution in [-0.2, 0) is 0 Å². The number of aromatic nitrogens is 3. The molecule has 0 saturated carbocycles. The lowest BCUT2D eigenvalue weighted by Gasteiger charge is -2.08. The van der Waals surface area contributed by atoms with E-state index in [-0.39, 0.29) is 0 Å². The Hall–Kier alpha value is -0.105. The van der Waals surface area contributed by atoms with Gasteiger partial charge in [0.25, 0.3) is 21.4 Å². The van der Waals surface area contributed by atoms with Gasteiger partial charge in [-0.2, -0.15) is 27.4 Å². The molecule has 12 heteroatoms. The standard InChI is InChI=1S/C3H6B3N3O3P3/c10-1-7(4-13)2(11)9(6-15)3(12)8(1)5-14/h13-15H2. The first-order valence-corrected chi connectivity index (χ1v) is 5.73. The molecule has 0 N–H and O–H groups in total. The summed E-state index contributed by atoms with van der Waals surface area (Å²) in [5.74, 6) is 0. The van der Waals surface area contributed by atoms with E-state index in [1.807, 2.05) is 0 Å². The second kappa shape index (κ2) is 5.29. The fraction of sp³-hybridized carbons (Fsp3) is 0. The molecule has 0 aliphatic carbocycles. The SMILES string of the molecule is O=c1n([B]P)c(=O)n([B]P)c(=O)n1[B]P. The molecule has 0 aliphatic heterocycles. The largest absolute Gasteiger partial charge is 0.311 e. The fourth-order valence-corrected chi connectivity index (χ4v) is 1.74. The third-order valence-electron chi connectivity index (χ3n) is 1.68. The van der Waals surface area contributed by atoms with E-state index in [2.05, 4.69) is 27.4 Å². The molecular formula is C3H6B3N3O3P3. The van der Waals surface area contributed by atoms with Crippen molar-refractivity contribution in [2.75, 3.05) is 0 Å². The summed E-state index contributed by atoms with van der Waals surface area (Å²) in [5, 5.41) is 0. The van der Waals surface area contributed by atoms with E-state index in [0.29, 0.717) is 0 Å². The van der Waals surface area contributed by atoms with Crippen LogP contribution >= 0.6 is 27.4 Å². The summed E-state index contributed by atoms with van der Waals surface area (Å²) >= 11 is 0. The van der Waals surface area contributed by atoms with Crippen LogP contribution in [0.4, 0.5) is 0 Å². The molecule has 1 heterocycles. The summed E-state index contributed by atoms with van der Waals surface area (Å²) in [6.45, 7) is 0. The topological polar surface area (TPSA) is 66.0 Å². The van der Waals surface area contributed by atoms with Gasteiger partial charge in [-0.3, -0.25) is 27.8 Å². The monoisotopic (exact) mass is 258 g/mol. The first kappa shape index (κ1) is 13.0. The first-order valence-electron chi connectivity index (χ1n) is 3.73. The number of hydrogen-bond donors (Lipinski definition) is 0. The van der Waals surface area contributed by atoms with Crippen molar-refractivity contribution in [3.05, 3.63) is 31.5 Å². The van der Waals surface area contributed by atoms with Crippen LogP contribution in [0.3, 0.4) is 0 Å². The van der Waals surface area contributed by atoms with Gasteiger partial charge in [0.1, 0.15) is 0 Å². The predicted molar refractivity (Wildman–Crippen MR) is 71.8 cm³/mol. The minimum absolute atomic E-state index is 0.710. The minimum atomic E-state index is -0.710. The van der Waals surface area contributed by atoms with Gasteiger partial charge in [0.2, 0.25) is 0 Å². The number of nitrogens with zero attached hydrogens (tertiary/aromatic N) is 3. The smallest absolute Gasteiger partial charge is 0.294 e. The summed E-state index contributed by atoms with van der Waals surface area (Å²) < 4.78 is 2.44. The fourth-order valence-electron chi connectivity index (χ4n) is 0.976. The van der Waals surface area contributed by atoms with Crippen molar-refractivity contribution in [2.45, 2.75) is 0 Å². The van der Waals surface area contributed by atoms with Crippen molar-refractivity contribution in [3.8, 4) is 0 Å². The second-order valence-electron chi connectivity index (χ2n) is 2.40. The molecule has 0 fully saturated rings. The van der Waals surface area contributed by atoms with Gasteiger partial charge in [0.05, 0.1) is 0 Å². The lowest BCUT2D eigenvalue weighted by molar-refractivity contribution is 0.763. The van der Waals surface area contributed by atoms with Gasteiger partial charge in [0.15, 0.2) is 0 Å². The Labute approximate surface area is 94.1 Å². The molecule has 75 valence electrons. The second-order valence-corrected chi connectivity index (χ2v) is 3.30. The molecule has 0 aromatic carbocycles. The highest BCUT2D eigenvalue weighted by atomic mass is 31.0. The Morgan fingerprint density at radius 3 is 1.00 bits per heavy atom. The van der Waals surface area contributed by atoms with E-state index in [1.54, 1.807) is 0 Å². The Morgan fingerprint density at radius 1 is 0.667 bits per heavy atom. The summed E-state index contributed by atoms with van der Waals surface area (Å²) in [7, 11) is 10.1. The average molecular weight is 257 g/mol. The van der Waals surface area contributed by atoms with Crippen molar-refractivity contribution in [1.82, 2.24) is 13.4 Å². The van der Waals surface area contributed by atoms with Crippen LogP contribution in [0, 0.1) is 0 Å². The molecule has 0 aliphatic rings. The van der Waals surface area contributed by atoms with Crippen molar-refractivity contribution in [2.24, 2.45) is 0 Å². The molecule has 0 amide bonds. The lowest BCUT2D eigenvalue weighted by Crippen LogP contribution is -2.56. The Morgan fingerprint density at radius 2 is 0.867 bits per heavy atom. The molecule has 6 nitrogen and oxygen atoms in total. The van der Waals surface area contributed by atoms with E-state index in [4.69, 9.17) is 0 Å². The van der Waals surface area contributed by atoms with Crippen LogP contribution in [0.5, 0.6) is 0 Å². The zero-order valence-corrected chi connectivity index (χ0v) is 11.0. The number of rotatable bonds is 3. The summed E-state index contributed by atoms with van der Waals surface area (Å²) in [4.78, 5) is 34.6. The lowest BCUT2D eigenvalue weighted by atomic mass is 10.3. The van der Waals surface area contributed by atoms with Crippen molar-refractivity contribution in [3.63, 3.8) is 0 Å².